The fourth-order valence-electron chi connectivity index (χ4n) is 7.14. The number of halogens is 2. The quantitative estimate of drug-likeness (QED) is 0.170. The highest BCUT2D eigenvalue weighted by Crippen LogP contribution is 2.63. The zero-order valence-electron chi connectivity index (χ0n) is 22.6. The van der Waals surface area contributed by atoms with Crippen LogP contribution < -0.4 is 10.3 Å². The highest BCUT2D eigenvalue weighted by Gasteiger charge is 2.68. The van der Waals surface area contributed by atoms with Crippen LogP contribution in [0, 0.1) is 18.8 Å². The molecular formula is C34H25Cl2N3O3. The third kappa shape index (κ3) is 3.86. The number of hydrazone groups is 1. The Morgan fingerprint density at radius 1 is 0.881 bits per heavy atom. The molecule has 42 heavy (non-hydrogen) atoms. The summed E-state index contributed by atoms with van der Waals surface area (Å²) in [5.41, 5.74) is 7.46. The Labute approximate surface area is 253 Å². The van der Waals surface area contributed by atoms with Crippen LogP contribution in [0.5, 0.6) is 0 Å². The minimum atomic E-state index is -1.08. The number of carbonyl (C=O) groups is 3. The Balaban J connectivity index is 1.36. The van der Waals surface area contributed by atoms with E-state index in [1.165, 1.54) is 4.90 Å². The van der Waals surface area contributed by atoms with E-state index in [9.17, 15) is 14.4 Å². The van der Waals surface area contributed by atoms with Crippen molar-refractivity contribution in [3.05, 3.63) is 134 Å². The van der Waals surface area contributed by atoms with E-state index in [1.807, 2.05) is 61.5 Å². The van der Waals surface area contributed by atoms with Gasteiger partial charge in [-0.25, -0.2) is 10.3 Å². The van der Waals surface area contributed by atoms with Crippen LogP contribution in [0.2, 0.25) is 10.0 Å². The zero-order chi connectivity index (χ0) is 29.2. The van der Waals surface area contributed by atoms with Crippen LogP contribution in [0.1, 0.15) is 39.3 Å². The lowest BCUT2D eigenvalue weighted by Crippen LogP contribution is -2.54. The van der Waals surface area contributed by atoms with E-state index < -0.39 is 17.3 Å². The molecule has 1 aliphatic heterocycles. The summed E-state index contributed by atoms with van der Waals surface area (Å²) in [6.45, 7) is 1.86. The highest BCUT2D eigenvalue weighted by molar-refractivity contribution is 6.32. The molecule has 2 atom stereocenters. The van der Waals surface area contributed by atoms with Gasteiger partial charge in [-0.3, -0.25) is 14.4 Å². The van der Waals surface area contributed by atoms with Crippen molar-refractivity contribution >= 4 is 52.8 Å². The molecule has 1 heterocycles. The van der Waals surface area contributed by atoms with Gasteiger partial charge in [-0.1, -0.05) is 89.9 Å². The van der Waals surface area contributed by atoms with E-state index in [2.05, 4.69) is 10.5 Å². The molecule has 1 N–H and O–H groups in total. The van der Waals surface area contributed by atoms with E-state index in [0.717, 1.165) is 33.4 Å². The van der Waals surface area contributed by atoms with Gasteiger partial charge >= 0.3 is 0 Å². The van der Waals surface area contributed by atoms with Gasteiger partial charge in [0.25, 0.3) is 0 Å². The van der Waals surface area contributed by atoms with E-state index in [4.69, 9.17) is 23.2 Å². The van der Waals surface area contributed by atoms with E-state index in [0.29, 0.717) is 15.7 Å². The van der Waals surface area contributed by atoms with Crippen molar-refractivity contribution in [2.75, 3.05) is 4.90 Å². The molecule has 8 rings (SSSR count). The second kappa shape index (κ2) is 9.93. The van der Waals surface area contributed by atoms with Crippen LogP contribution in [0.3, 0.4) is 0 Å². The Bertz CT molecular complexity index is 1770. The molecule has 2 bridgehead atoms. The van der Waals surface area contributed by atoms with Gasteiger partial charge < -0.3 is 0 Å². The number of rotatable bonds is 5. The van der Waals surface area contributed by atoms with Gasteiger partial charge in [0.2, 0.25) is 17.7 Å². The number of aryl methyl sites for hydroxylation is 1. The van der Waals surface area contributed by atoms with Gasteiger partial charge in [-0.15, -0.1) is 0 Å². The summed E-state index contributed by atoms with van der Waals surface area (Å²) < 4.78 is 0. The van der Waals surface area contributed by atoms with Crippen molar-refractivity contribution in [1.29, 1.82) is 0 Å². The predicted molar refractivity (Wildman–Crippen MR) is 163 cm³/mol. The molecule has 208 valence electrons. The first-order valence-corrected chi connectivity index (χ1v) is 14.5. The number of hydrogen-bond acceptors (Lipinski definition) is 4. The van der Waals surface area contributed by atoms with Crippen molar-refractivity contribution in [2.24, 2.45) is 16.9 Å². The smallest absolute Gasteiger partial charge is 0.244 e. The van der Waals surface area contributed by atoms with Crippen LogP contribution in [0.15, 0.2) is 96.1 Å². The molecule has 3 aliphatic carbocycles. The van der Waals surface area contributed by atoms with Gasteiger partial charge in [0.1, 0.15) is 0 Å². The number of nitrogens with one attached hydrogen (secondary N) is 1. The average Bonchev–Trinajstić information content (AvgIpc) is 3.26. The number of hydrogen-bond donors (Lipinski definition) is 1. The summed E-state index contributed by atoms with van der Waals surface area (Å²) in [4.78, 5) is 43.0. The molecule has 8 heteroatoms. The van der Waals surface area contributed by atoms with E-state index in [1.54, 1.807) is 42.6 Å². The molecule has 4 aromatic carbocycles. The summed E-state index contributed by atoms with van der Waals surface area (Å²) in [6, 6.07) is 28.1. The Kier molecular flexibility index (Phi) is 6.30. The molecule has 6 nitrogen and oxygen atoms in total. The second-order valence-electron chi connectivity index (χ2n) is 11.1. The number of nitrogens with zero attached hydrogens (tertiary/aromatic N) is 2. The molecule has 0 unspecified atom stereocenters. The third-order valence-corrected chi connectivity index (χ3v) is 9.32. The van der Waals surface area contributed by atoms with Crippen molar-refractivity contribution in [2.45, 2.75) is 24.7 Å². The summed E-state index contributed by atoms with van der Waals surface area (Å²) in [6.07, 6.45) is 1.78. The number of imide groups is 1. The van der Waals surface area contributed by atoms with Crippen LogP contribution in [0.25, 0.3) is 0 Å². The zero-order valence-corrected chi connectivity index (χ0v) is 24.1. The lowest BCUT2D eigenvalue weighted by atomic mass is 9.47. The number of anilines is 1. The lowest BCUT2D eigenvalue weighted by Gasteiger charge is -2.52. The summed E-state index contributed by atoms with van der Waals surface area (Å²) in [7, 11) is 0. The van der Waals surface area contributed by atoms with E-state index >= 15 is 0 Å². The van der Waals surface area contributed by atoms with Crippen molar-refractivity contribution in [3.63, 3.8) is 0 Å². The Hall–Kier alpha value is -4.26. The lowest BCUT2D eigenvalue weighted by molar-refractivity contribution is -0.123. The van der Waals surface area contributed by atoms with Crippen LogP contribution >= 0.6 is 23.2 Å². The minimum Gasteiger partial charge on any atom is -0.274 e. The predicted octanol–water partition coefficient (Wildman–Crippen LogP) is 6.20. The molecule has 4 aromatic rings. The van der Waals surface area contributed by atoms with Crippen LogP contribution in [-0.2, 0) is 26.2 Å². The van der Waals surface area contributed by atoms with Gasteiger partial charge in [-0.2, -0.15) is 5.10 Å². The molecule has 3 amide bonds. The second-order valence-corrected chi connectivity index (χ2v) is 11.9. The topological polar surface area (TPSA) is 78.8 Å². The Morgan fingerprint density at radius 3 is 2.17 bits per heavy atom. The first-order chi connectivity index (χ1) is 20.3. The van der Waals surface area contributed by atoms with Gasteiger partial charge in [0.05, 0.1) is 29.4 Å². The van der Waals surface area contributed by atoms with Crippen molar-refractivity contribution in [1.82, 2.24) is 5.43 Å². The molecule has 1 saturated heterocycles. The molecule has 0 aromatic heterocycles. The first kappa shape index (κ1) is 26.6. The highest BCUT2D eigenvalue weighted by atomic mass is 35.5. The normalized spacial score (nSPS) is 23.6. The maximum absolute atomic E-state index is 14.5. The fourth-order valence-corrected chi connectivity index (χ4v) is 7.44. The van der Waals surface area contributed by atoms with Gasteiger partial charge in [0, 0.05) is 22.2 Å². The average molecular weight is 594 g/mol. The molecular weight excluding hydrogens is 569 g/mol. The van der Waals surface area contributed by atoms with Crippen molar-refractivity contribution in [3.8, 4) is 0 Å². The number of benzene rings is 4. The monoisotopic (exact) mass is 593 g/mol. The molecule has 0 spiro atoms. The number of carbonyl (C=O) groups excluding carboxylic acids is 3. The summed E-state index contributed by atoms with van der Waals surface area (Å²) >= 11 is 12.3. The fraction of sp³-hybridized carbons (Fsp3) is 0.176. The first-order valence-electron chi connectivity index (χ1n) is 13.7. The van der Waals surface area contributed by atoms with Crippen LogP contribution in [-0.4, -0.2) is 23.9 Å². The molecule has 0 radical (unpaired) electrons. The SMILES string of the molecule is Cc1ccc(Cl)cc1N1C(=O)[C@@H]2C3c4ccccc4C(/C=N\NC(=O)Cc4ccc(Cl)cc4)(c4ccccc43)[C@H]2C1=O. The largest absolute Gasteiger partial charge is 0.274 e. The van der Waals surface area contributed by atoms with Gasteiger partial charge in [0.15, 0.2) is 0 Å². The number of amides is 3. The minimum absolute atomic E-state index is 0.113. The molecule has 4 aliphatic rings. The molecule has 1 fully saturated rings. The van der Waals surface area contributed by atoms with Crippen molar-refractivity contribution < 1.29 is 14.4 Å². The van der Waals surface area contributed by atoms with E-state index in [-0.39, 0.29) is 30.1 Å². The maximum atomic E-state index is 14.5. The molecule has 0 saturated carbocycles. The third-order valence-electron chi connectivity index (χ3n) is 8.83. The maximum Gasteiger partial charge on any atom is 0.244 e. The Morgan fingerprint density at radius 2 is 1.50 bits per heavy atom. The summed E-state index contributed by atoms with van der Waals surface area (Å²) in [5.74, 6) is -2.56. The van der Waals surface area contributed by atoms with Crippen LogP contribution in [0.4, 0.5) is 5.69 Å². The van der Waals surface area contributed by atoms with Gasteiger partial charge in [-0.05, 0) is 64.6 Å². The summed E-state index contributed by atoms with van der Waals surface area (Å²) in [5, 5.41) is 5.51. The standard InChI is InChI=1S/C34H25Cl2N3O3/c1-19-10-13-22(36)17-27(19)39-32(41)30-29-23-6-2-4-8-25(23)34(31(30)33(39)42,26-9-5-3-7-24(26)29)18-37-38-28(40)16-20-11-14-21(35)15-12-20/h2-15,17-18,29-31H,16H2,1H3,(H,38,40)/b37-18-/t29?,30-,31-,34?/m1/s1.